The smallest absolute Gasteiger partial charge is 0.151 e. The Kier molecular flexibility index (Phi) is 4.42. The molecule has 1 unspecified atom stereocenters. The molecule has 0 fully saturated rings. The van der Waals surface area contributed by atoms with Crippen LogP contribution < -0.4 is 4.74 Å². The largest absolute Gasteiger partial charge is 0.480 e. The van der Waals surface area contributed by atoms with Crippen LogP contribution in [0.3, 0.4) is 0 Å². The molecular weight excluding hydrogens is 370 g/mol. The second-order valence-electron chi connectivity index (χ2n) is 7.24. The number of para-hydroxylation sites is 3. The molecule has 30 heavy (non-hydrogen) atoms. The van der Waals surface area contributed by atoms with E-state index in [0.29, 0.717) is 11.4 Å². The third-order valence-electron chi connectivity index (χ3n) is 5.35. The van der Waals surface area contributed by atoms with Gasteiger partial charge < -0.3 is 9.30 Å². The van der Waals surface area contributed by atoms with Gasteiger partial charge in [0.05, 0.1) is 16.6 Å². The van der Waals surface area contributed by atoms with Gasteiger partial charge in [0.15, 0.2) is 5.82 Å². The molecule has 4 heteroatoms. The number of fused-ring (bicyclic) bond motifs is 2. The topological polar surface area (TPSA) is 50.8 Å². The predicted molar refractivity (Wildman–Crippen MR) is 119 cm³/mol. The lowest BCUT2D eigenvalue weighted by molar-refractivity contribution is 0.243. The summed E-state index contributed by atoms with van der Waals surface area (Å²) in [6.07, 6.45) is 3.70. The summed E-state index contributed by atoms with van der Waals surface area (Å²) in [6, 6.07) is 28.2. The first-order valence-electron chi connectivity index (χ1n) is 9.80. The lowest BCUT2D eigenvalue weighted by atomic mass is 9.94. The summed E-state index contributed by atoms with van der Waals surface area (Å²) >= 11 is 0. The van der Waals surface area contributed by atoms with Crippen LogP contribution in [0.25, 0.3) is 22.7 Å². The number of aryl methyl sites for hydroxylation is 1. The molecule has 4 nitrogen and oxygen atoms in total. The van der Waals surface area contributed by atoms with Crippen LogP contribution in [0, 0.1) is 11.3 Å². The number of nitrogens with zero attached hydrogens (tertiary/aromatic N) is 3. The summed E-state index contributed by atoms with van der Waals surface area (Å²) in [5.74, 6) is 1.48. The normalized spacial score (nSPS) is 15.8. The van der Waals surface area contributed by atoms with Gasteiger partial charge in [-0.1, -0.05) is 60.7 Å². The molecule has 0 N–H and O–H groups in total. The second-order valence-corrected chi connectivity index (χ2v) is 7.24. The standard InChI is InChI=1S/C26H19N3O/c1-29-23-13-7-6-12-22(23)28-26(29)21(17-27)16-20-15-19-11-5-8-14-24(19)30-25(20)18-9-3-2-4-10-18/h2-16,25H,1H3. The first-order chi connectivity index (χ1) is 14.7. The van der Waals surface area contributed by atoms with E-state index in [1.165, 1.54) is 0 Å². The molecule has 1 aromatic heterocycles. The fraction of sp³-hybridized carbons (Fsp3) is 0.0769. The summed E-state index contributed by atoms with van der Waals surface area (Å²) < 4.78 is 8.31. The maximum Gasteiger partial charge on any atom is 0.151 e. The summed E-state index contributed by atoms with van der Waals surface area (Å²) in [6.45, 7) is 0. The number of hydrogen-bond acceptors (Lipinski definition) is 3. The van der Waals surface area contributed by atoms with Crippen LogP contribution in [-0.4, -0.2) is 9.55 Å². The van der Waals surface area contributed by atoms with E-state index in [1.54, 1.807) is 0 Å². The highest BCUT2D eigenvalue weighted by molar-refractivity contribution is 5.85. The number of aromatic nitrogens is 2. The molecule has 5 rings (SSSR count). The van der Waals surface area contributed by atoms with Gasteiger partial charge in [-0.05, 0) is 41.5 Å². The van der Waals surface area contributed by atoms with E-state index in [2.05, 4.69) is 12.1 Å². The van der Waals surface area contributed by atoms with E-state index in [0.717, 1.165) is 33.5 Å². The molecule has 0 amide bonds. The third-order valence-corrected chi connectivity index (χ3v) is 5.35. The van der Waals surface area contributed by atoms with Crippen molar-refractivity contribution >= 4 is 22.7 Å². The molecule has 4 aromatic rings. The van der Waals surface area contributed by atoms with Gasteiger partial charge in [-0.2, -0.15) is 5.26 Å². The monoisotopic (exact) mass is 389 g/mol. The first kappa shape index (κ1) is 18.0. The molecule has 144 valence electrons. The Morgan fingerprint density at radius 3 is 2.53 bits per heavy atom. The van der Waals surface area contributed by atoms with E-state index in [9.17, 15) is 5.26 Å². The number of allylic oxidation sites excluding steroid dienone is 1. The van der Waals surface area contributed by atoms with Gasteiger partial charge in [0.2, 0.25) is 0 Å². The minimum absolute atomic E-state index is 0.292. The van der Waals surface area contributed by atoms with Crippen molar-refractivity contribution < 1.29 is 4.74 Å². The molecule has 1 atom stereocenters. The van der Waals surface area contributed by atoms with Gasteiger partial charge >= 0.3 is 0 Å². The maximum absolute atomic E-state index is 9.97. The molecule has 0 saturated carbocycles. The molecule has 1 aliphatic heterocycles. The molecule has 0 aliphatic carbocycles. The van der Waals surface area contributed by atoms with Gasteiger partial charge in [-0.25, -0.2) is 4.98 Å². The van der Waals surface area contributed by atoms with Crippen LogP contribution >= 0.6 is 0 Å². The minimum atomic E-state index is -0.292. The lowest BCUT2D eigenvalue weighted by Crippen LogP contribution is -2.14. The third kappa shape index (κ3) is 3.07. The second kappa shape index (κ2) is 7.38. The Morgan fingerprint density at radius 2 is 1.73 bits per heavy atom. The molecule has 0 saturated heterocycles. The molecule has 2 heterocycles. The van der Waals surface area contributed by atoms with Gasteiger partial charge in [0.1, 0.15) is 17.9 Å². The maximum atomic E-state index is 9.97. The van der Waals surface area contributed by atoms with Crippen molar-refractivity contribution in [3.05, 3.63) is 107 Å². The SMILES string of the molecule is Cn1c(C(C#N)=CC2=Cc3ccccc3OC2c2ccccc2)nc2ccccc21. The van der Waals surface area contributed by atoms with Crippen LogP contribution in [0.5, 0.6) is 5.75 Å². The van der Waals surface area contributed by atoms with Crippen LogP contribution in [0.1, 0.15) is 23.1 Å². The van der Waals surface area contributed by atoms with Crippen molar-refractivity contribution in [3.8, 4) is 11.8 Å². The van der Waals surface area contributed by atoms with Crippen molar-refractivity contribution in [1.29, 1.82) is 5.26 Å². The summed E-state index contributed by atoms with van der Waals surface area (Å²) in [7, 11) is 1.94. The highest BCUT2D eigenvalue weighted by Gasteiger charge is 2.24. The molecular formula is C26H19N3O. The Hall–Kier alpha value is -4.10. The number of hydrogen-bond donors (Lipinski definition) is 0. The highest BCUT2D eigenvalue weighted by atomic mass is 16.5. The van der Waals surface area contributed by atoms with Crippen LogP contribution in [0.4, 0.5) is 0 Å². The van der Waals surface area contributed by atoms with Crippen molar-refractivity contribution in [2.75, 3.05) is 0 Å². The minimum Gasteiger partial charge on any atom is -0.480 e. The number of benzene rings is 3. The van der Waals surface area contributed by atoms with Crippen LogP contribution in [0.2, 0.25) is 0 Å². The van der Waals surface area contributed by atoms with Crippen molar-refractivity contribution in [3.63, 3.8) is 0 Å². The number of nitriles is 1. The summed E-state index contributed by atoms with van der Waals surface area (Å²) in [5.41, 5.74) is 5.32. The Labute approximate surface area is 175 Å². The number of imidazole rings is 1. The quantitative estimate of drug-likeness (QED) is 0.423. The Balaban J connectivity index is 1.66. The van der Waals surface area contributed by atoms with Gasteiger partial charge in [-0.15, -0.1) is 0 Å². The van der Waals surface area contributed by atoms with E-state index < -0.39 is 0 Å². The number of ether oxygens (including phenoxy) is 1. The average Bonchev–Trinajstić information content (AvgIpc) is 3.14. The fourth-order valence-electron chi connectivity index (χ4n) is 3.86. The fourth-order valence-corrected chi connectivity index (χ4v) is 3.86. The summed E-state index contributed by atoms with van der Waals surface area (Å²) in [4.78, 5) is 4.70. The van der Waals surface area contributed by atoms with Gasteiger partial charge in [0.25, 0.3) is 0 Å². The highest BCUT2D eigenvalue weighted by Crippen LogP contribution is 2.38. The first-order valence-corrected chi connectivity index (χ1v) is 9.80. The van der Waals surface area contributed by atoms with Gasteiger partial charge in [-0.3, -0.25) is 0 Å². The molecule has 0 radical (unpaired) electrons. The Morgan fingerprint density at radius 1 is 1.00 bits per heavy atom. The lowest BCUT2D eigenvalue weighted by Gasteiger charge is -2.26. The molecule has 0 spiro atoms. The van der Waals surface area contributed by atoms with Crippen LogP contribution in [0.15, 0.2) is 90.5 Å². The zero-order valence-electron chi connectivity index (χ0n) is 16.5. The van der Waals surface area contributed by atoms with Crippen LogP contribution in [-0.2, 0) is 7.05 Å². The van der Waals surface area contributed by atoms with E-state index >= 15 is 0 Å². The average molecular weight is 389 g/mol. The summed E-state index contributed by atoms with van der Waals surface area (Å²) in [5, 5.41) is 9.97. The van der Waals surface area contributed by atoms with Crippen molar-refractivity contribution in [2.45, 2.75) is 6.10 Å². The van der Waals surface area contributed by atoms with Gasteiger partial charge in [0, 0.05) is 12.6 Å². The molecule has 3 aromatic carbocycles. The zero-order chi connectivity index (χ0) is 20.5. The zero-order valence-corrected chi connectivity index (χ0v) is 16.5. The number of rotatable bonds is 3. The predicted octanol–water partition coefficient (Wildman–Crippen LogP) is 5.70. The van der Waals surface area contributed by atoms with E-state index in [4.69, 9.17) is 9.72 Å². The Bertz CT molecular complexity index is 1340. The van der Waals surface area contributed by atoms with E-state index in [1.807, 2.05) is 96.6 Å². The molecule has 0 bridgehead atoms. The van der Waals surface area contributed by atoms with Crippen molar-refractivity contribution in [2.24, 2.45) is 7.05 Å². The van der Waals surface area contributed by atoms with E-state index in [-0.39, 0.29) is 6.10 Å². The van der Waals surface area contributed by atoms with Crippen molar-refractivity contribution in [1.82, 2.24) is 9.55 Å². The molecule has 1 aliphatic rings.